The van der Waals surface area contributed by atoms with Crippen LogP contribution in [0, 0.1) is 0 Å². The molecule has 0 heterocycles. The summed E-state index contributed by atoms with van der Waals surface area (Å²) < 4.78 is 38.1. The minimum absolute atomic E-state index is 0.142. The molecule has 0 radical (unpaired) electrons. The van der Waals surface area contributed by atoms with Crippen LogP contribution in [0.2, 0.25) is 0 Å². The second-order valence-corrected chi connectivity index (χ2v) is 7.18. The van der Waals surface area contributed by atoms with Crippen molar-refractivity contribution >= 4 is 19.8 Å². The summed E-state index contributed by atoms with van der Waals surface area (Å²) in [6, 6.07) is 0. The Bertz CT molecular complexity index is 413. The maximum atomic E-state index is 12.7. The predicted octanol–water partition coefficient (Wildman–Crippen LogP) is 3.54. The van der Waals surface area contributed by atoms with Crippen LogP contribution in [0.1, 0.15) is 61.3 Å². The van der Waals surface area contributed by atoms with Crippen molar-refractivity contribution in [1.29, 1.82) is 0 Å². The van der Waals surface area contributed by atoms with E-state index in [2.05, 4.69) is 0 Å². The van der Waals surface area contributed by atoms with Gasteiger partial charge in [0, 0.05) is 12.8 Å². The molecule has 8 nitrogen and oxygen atoms in total. The summed E-state index contributed by atoms with van der Waals surface area (Å²) in [5.41, 5.74) is -0.863. The molecule has 0 aliphatic heterocycles. The molecule has 0 fully saturated rings. The molecule has 23 heavy (non-hydrogen) atoms. The van der Waals surface area contributed by atoms with Crippen molar-refractivity contribution in [2.24, 2.45) is 0 Å². The Morgan fingerprint density at radius 1 is 0.913 bits per heavy atom. The third-order valence-corrected chi connectivity index (χ3v) is 3.99. The lowest BCUT2D eigenvalue weighted by molar-refractivity contribution is -0.171. The molecule has 0 saturated heterocycles. The first-order chi connectivity index (χ1) is 10.4. The molecule has 0 aromatic carbocycles. The van der Waals surface area contributed by atoms with Crippen LogP contribution < -0.4 is 0 Å². The van der Waals surface area contributed by atoms with Crippen molar-refractivity contribution in [3.63, 3.8) is 0 Å². The largest absolute Gasteiger partial charge is 0.481 e. The first kappa shape index (κ1) is 22.1. The lowest BCUT2D eigenvalue weighted by Gasteiger charge is -2.29. The Hall–Kier alpha value is -0.950. The van der Waals surface area contributed by atoms with Gasteiger partial charge in [-0.15, -0.1) is 0 Å². The van der Waals surface area contributed by atoms with E-state index in [9.17, 15) is 14.2 Å². The Kier molecular flexibility index (Phi) is 8.98. The molecule has 0 rings (SSSR count). The molecule has 2 atom stereocenters. The van der Waals surface area contributed by atoms with Gasteiger partial charge in [0.1, 0.15) is 0 Å². The number of phosphoric acid groups is 1. The number of hydrogen-bond donors (Lipinski definition) is 0. The quantitative estimate of drug-likeness (QED) is 0.352. The van der Waals surface area contributed by atoms with Crippen molar-refractivity contribution in [3.8, 4) is 0 Å². The number of carbonyl (C=O) groups excluding carboxylic acids is 2. The van der Waals surface area contributed by atoms with Crippen molar-refractivity contribution in [2.45, 2.75) is 79.5 Å². The van der Waals surface area contributed by atoms with Crippen LogP contribution in [0.15, 0.2) is 0 Å². The topological polar surface area (TPSA) is 97.4 Å². The van der Waals surface area contributed by atoms with Crippen molar-refractivity contribution < 1.29 is 37.2 Å². The number of rotatable bonds is 9. The highest BCUT2D eigenvalue weighted by atomic mass is 31.2. The first-order valence-corrected chi connectivity index (χ1v) is 8.93. The highest BCUT2D eigenvalue weighted by Crippen LogP contribution is 2.54. The Morgan fingerprint density at radius 2 is 1.26 bits per heavy atom. The normalized spacial score (nSPS) is 17.0. The number of hydrogen-bond acceptors (Lipinski definition) is 8. The fourth-order valence-corrected chi connectivity index (χ4v) is 2.97. The zero-order valence-electron chi connectivity index (χ0n) is 14.8. The second kappa shape index (κ2) is 9.37. The van der Waals surface area contributed by atoms with Crippen molar-refractivity contribution in [2.75, 3.05) is 0 Å². The SMILES string of the molecule is CCC(=O)OC(C)OP(=O)(OC(C)OC(=O)CC)OC(C)(C)C. The summed E-state index contributed by atoms with van der Waals surface area (Å²) in [4.78, 5) is 22.5. The maximum absolute atomic E-state index is 12.7. The molecule has 2 unspecified atom stereocenters. The van der Waals surface area contributed by atoms with Crippen LogP contribution >= 0.6 is 7.82 Å². The number of esters is 2. The van der Waals surface area contributed by atoms with Crippen LogP contribution in [-0.2, 0) is 37.2 Å². The molecular weight excluding hydrogens is 327 g/mol. The van der Waals surface area contributed by atoms with E-state index in [1.165, 1.54) is 13.8 Å². The summed E-state index contributed by atoms with van der Waals surface area (Å²) in [5.74, 6) is -1.05. The van der Waals surface area contributed by atoms with E-state index in [1.807, 2.05) is 0 Å². The van der Waals surface area contributed by atoms with E-state index in [1.54, 1.807) is 34.6 Å². The lowest BCUT2D eigenvalue weighted by atomic mass is 10.2. The van der Waals surface area contributed by atoms with E-state index in [0.29, 0.717) is 0 Å². The maximum Gasteiger partial charge on any atom is 0.481 e. The smallest absolute Gasteiger partial charge is 0.435 e. The van der Waals surface area contributed by atoms with Gasteiger partial charge in [0.05, 0.1) is 5.60 Å². The fraction of sp³-hybridized carbons (Fsp3) is 0.857. The van der Waals surface area contributed by atoms with Gasteiger partial charge < -0.3 is 9.47 Å². The molecule has 0 aliphatic carbocycles. The van der Waals surface area contributed by atoms with E-state index < -0.39 is 37.9 Å². The van der Waals surface area contributed by atoms with Gasteiger partial charge in [-0.2, -0.15) is 0 Å². The Labute approximate surface area is 137 Å². The van der Waals surface area contributed by atoms with Crippen LogP contribution in [0.25, 0.3) is 0 Å². The number of ether oxygens (including phenoxy) is 2. The predicted molar refractivity (Wildman–Crippen MR) is 82.3 cm³/mol. The standard InChI is InChI=1S/C14H27O8P/c1-8-12(15)18-10(3)20-23(17,22-14(5,6)7)21-11(4)19-13(16)9-2/h10-11H,8-9H2,1-7H3. The van der Waals surface area contributed by atoms with Gasteiger partial charge in [-0.05, 0) is 34.6 Å². The van der Waals surface area contributed by atoms with E-state index in [-0.39, 0.29) is 12.8 Å². The average Bonchev–Trinajstić information content (AvgIpc) is 2.34. The molecule has 0 aromatic heterocycles. The van der Waals surface area contributed by atoms with E-state index in [4.69, 9.17) is 23.0 Å². The van der Waals surface area contributed by atoms with Gasteiger partial charge in [-0.25, -0.2) is 13.6 Å². The third-order valence-electron chi connectivity index (χ3n) is 2.11. The van der Waals surface area contributed by atoms with Gasteiger partial charge in [0.15, 0.2) is 0 Å². The summed E-state index contributed by atoms with van der Waals surface area (Å²) in [7, 11) is -4.14. The zero-order chi connectivity index (χ0) is 18.3. The highest BCUT2D eigenvalue weighted by molar-refractivity contribution is 7.48. The molecule has 0 bridgehead atoms. The molecular formula is C14H27O8P. The molecule has 0 amide bonds. The van der Waals surface area contributed by atoms with Gasteiger partial charge in [-0.3, -0.25) is 14.1 Å². The molecule has 0 saturated carbocycles. The second-order valence-electron chi connectivity index (χ2n) is 5.68. The molecule has 0 N–H and O–H groups in total. The highest BCUT2D eigenvalue weighted by Gasteiger charge is 2.38. The molecule has 0 spiro atoms. The van der Waals surface area contributed by atoms with Crippen LogP contribution in [0.3, 0.4) is 0 Å². The summed E-state index contributed by atoms with van der Waals surface area (Å²) >= 11 is 0. The van der Waals surface area contributed by atoms with Gasteiger partial charge in [0.25, 0.3) is 0 Å². The monoisotopic (exact) mass is 354 g/mol. The van der Waals surface area contributed by atoms with Gasteiger partial charge in [-0.1, -0.05) is 13.8 Å². The summed E-state index contributed by atoms with van der Waals surface area (Å²) in [5, 5.41) is 0. The molecule has 0 aliphatic rings. The zero-order valence-corrected chi connectivity index (χ0v) is 15.7. The van der Waals surface area contributed by atoms with Gasteiger partial charge in [0.2, 0.25) is 12.6 Å². The fourth-order valence-electron chi connectivity index (χ4n) is 1.35. The van der Waals surface area contributed by atoms with Crippen LogP contribution in [-0.4, -0.2) is 30.1 Å². The van der Waals surface area contributed by atoms with E-state index >= 15 is 0 Å². The average molecular weight is 354 g/mol. The Morgan fingerprint density at radius 3 is 1.52 bits per heavy atom. The first-order valence-electron chi connectivity index (χ1n) is 7.47. The van der Waals surface area contributed by atoms with Crippen LogP contribution in [0.4, 0.5) is 0 Å². The van der Waals surface area contributed by atoms with Crippen LogP contribution in [0.5, 0.6) is 0 Å². The van der Waals surface area contributed by atoms with Gasteiger partial charge >= 0.3 is 19.8 Å². The molecule has 136 valence electrons. The molecule has 0 aromatic rings. The van der Waals surface area contributed by atoms with Crippen molar-refractivity contribution in [3.05, 3.63) is 0 Å². The minimum atomic E-state index is -4.14. The number of phosphoric ester groups is 1. The Balaban J connectivity index is 4.99. The number of carbonyl (C=O) groups is 2. The minimum Gasteiger partial charge on any atom is -0.435 e. The van der Waals surface area contributed by atoms with Crippen molar-refractivity contribution in [1.82, 2.24) is 0 Å². The lowest BCUT2D eigenvalue weighted by Crippen LogP contribution is -2.26. The summed E-state index contributed by atoms with van der Waals surface area (Å²) in [6.07, 6.45) is -2.01. The molecule has 9 heteroatoms. The summed E-state index contributed by atoms with van der Waals surface area (Å²) in [6.45, 7) is 11.0. The third kappa shape index (κ3) is 10.4. The van der Waals surface area contributed by atoms with E-state index in [0.717, 1.165) is 0 Å².